The lowest BCUT2D eigenvalue weighted by atomic mass is 10.0. The predicted octanol–water partition coefficient (Wildman–Crippen LogP) is -0.0369. The van der Waals surface area contributed by atoms with E-state index in [1.54, 1.807) is 7.11 Å². The zero-order valence-corrected chi connectivity index (χ0v) is 8.11. The lowest BCUT2D eigenvalue weighted by Crippen LogP contribution is -2.52. The van der Waals surface area contributed by atoms with Crippen molar-refractivity contribution >= 4 is 0 Å². The molecular formula is C9H18N2O. The smallest absolute Gasteiger partial charge is 0.0654 e. The molecule has 0 fully saturated rings. The fourth-order valence-electron chi connectivity index (χ4n) is 0.847. The Morgan fingerprint density at radius 1 is 1.58 bits per heavy atom. The maximum absolute atomic E-state index is 5.58. The molecule has 3 N–H and O–H groups in total. The number of nitrogens with two attached hydrogens (primary N) is 1. The number of methoxy groups -OCH3 is 1. The van der Waals surface area contributed by atoms with Gasteiger partial charge < -0.3 is 10.5 Å². The molecule has 3 heteroatoms. The first-order valence-corrected chi connectivity index (χ1v) is 4.02. The van der Waals surface area contributed by atoms with Crippen LogP contribution in [0.3, 0.4) is 0 Å². The average Bonchev–Trinajstić information content (AvgIpc) is 2.06. The van der Waals surface area contributed by atoms with Crippen LogP contribution < -0.4 is 11.1 Å². The first-order chi connectivity index (χ1) is 5.68. The van der Waals surface area contributed by atoms with Crippen LogP contribution in [0, 0.1) is 11.8 Å². The Kier molecular flexibility index (Phi) is 5.73. The SMILES string of the molecule is CC#CCNC(C)(CN)COC. The first kappa shape index (κ1) is 11.4. The summed E-state index contributed by atoms with van der Waals surface area (Å²) < 4.78 is 5.04. The van der Waals surface area contributed by atoms with Crippen LogP contribution in [-0.4, -0.2) is 32.3 Å². The molecule has 12 heavy (non-hydrogen) atoms. The zero-order chi connectivity index (χ0) is 9.45. The van der Waals surface area contributed by atoms with E-state index in [2.05, 4.69) is 17.2 Å². The van der Waals surface area contributed by atoms with E-state index in [0.717, 1.165) is 0 Å². The second-order valence-corrected chi connectivity index (χ2v) is 2.98. The van der Waals surface area contributed by atoms with Crippen molar-refractivity contribution in [1.82, 2.24) is 5.32 Å². The number of ether oxygens (including phenoxy) is 1. The van der Waals surface area contributed by atoms with Gasteiger partial charge in [-0.3, -0.25) is 5.32 Å². The summed E-state index contributed by atoms with van der Waals surface area (Å²) in [4.78, 5) is 0. The van der Waals surface area contributed by atoms with Crippen LogP contribution in [-0.2, 0) is 4.74 Å². The van der Waals surface area contributed by atoms with Gasteiger partial charge in [-0.15, -0.1) is 5.92 Å². The fourth-order valence-corrected chi connectivity index (χ4v) is 0.847. The molecule has 0 amide bonds. The van der Waals surface area contributed by atoms with Crippen molar-refractivity contribution in [3.05, 3.63) is 0 Å². The quantitative estimate of drug-likeness (QED) is 0.569. The van der Waals surface area contributed by atoms with Gasteiger partial charge in [0.15, 0.2) is 0 Å². The fraction of sp³-hybridized carbons (Fsp3) is 0.778. The van der Waals surface area contributed by atoms with Crippen LogP contribution in [0.1, 0.15) is 13.8 Å². The van der Waals surface area contributed by atoms with E-state index in [-0.39, 0.29) is 5.54 Å². The molecule has 0 saturated heterocycles. The standard InChI is InChI=1S/C9H18N2O/c1-4-5-6-11-9(2,7-10)8-12-3/h11H,6-8,10H2,1-3H3. The molecule has 0 heterocycles. The molecule has 0 aromatic heterocycles. The maximum Gasteiger partial charge on any atom is 0.0654 e. The second kappa shape index (κ2) is 6.01. The van der Waals surface area contributed by atoms with Gasteiger partial charge in [-0.2, -0.15) is 0 Å². The third-order valence-electron chi connectivity index (χ3n) is 1.69. The van der Waals surface area contributed by atoms with Crippen LogP contribution >= 0.6 is 0 Å². The molecule has 70 valence electrons. The Balaban J connectivity index is 3.83. The Hall–Kier alpha value is -0.560. The summed E-state index contributed by atoms with van der Waals surface area (Å²) in [5.41, 5.74) is 5.43. The molecule has 0 saturated carbocycles. The largest absolute Gasteiger partial charge is 0.383 e. The van der Waals surface area contributed by atoms with E-state index in [0.29, 0.717) is 19.7 Å². The Bertz CT molecular complexity index is 171. The molecule has 0 aliphatic heterocycles. The number of hydrogen-bond acceptors (Lipinski definition) is 3. The van der Waals surface area contributed by atoms with Crippen molar-refractivity contribution in [2.75, 3.05) is 26.8 Å². The molecule has 0 radical (unpaired) electrons. The number of hydrogen-bond donors (Lipinski definition) is 2. The molecule has 3 nitrogen and oxygen atoms in total. The van der Waals surface area contributed by atoms with Crippen LogP contribution in [0.15, 0.2) is 0 Å². The number of rotatable bonds is 5. The topological polar surface area (TPSA) is 47.3 Å². The summed E-state index contributed by atoms with van der Waals surface area (Å²) in [5, 5.41) is 3.22. The summed E-state index contributed by atoms with van der Waals surface area (Å²) in [5.74, 6) is 5.74. The monoisotopic (exact) mass is 170 g/mol. The highest BCUT2D eigenvalue weighted by Gasteiger charge is 2.20. The summed E-state index contributed by atoms with van der Waals surface area (Å²) in [6.07, 6.45) is 0. The van der Waals surface area contributed by atoms with Crippen molar-refractivity contribution < 1.29 is 4.74 Å². The van der Waals surface area contributed by atoms with Crippen molar-refractivity contribution in [2.24, 2.45) is 5.73 Å². The minimum absolute atomic E-state index is 0.154. The molecule has 0 aliphatic carbocycles. The van der Waals surface area contributed by atoms with Gasteiger partial charge in [-0.25, -0.2) is 0 Å². The minimum Gasteiger partial charge on any atom is -0.383 e. The number of nitrogens with one attached hydrogen (secondary N) is 1. The van der Waals surface area contributed by atoms with E-state index >= 15 is 0 Å². The molecule has 1 unspecified atom stereocenters. The van der Waals surface area contributed by atoms with Crippen molar-refractivity contribution in [3.63, 3.8) is 0 Å². The van der Waals surface area contributed by atoms with Crippen LogP contribution in [0.5, 0.6) is 0 Å². The minimum atomic E-state index is -0.154. The van der Waals surface area contributed by atoms with Crippen LogP contribution in [0.25, 0.3) is 0 Å². The molecular weight excluding hydrogens is 152 g/mol. The molecule has 0 bridgehead atoms. The highest BCUT2D eigenvalue weighted by atomic mass is 16.5. The van der Waals surface area contributed by atoms with E-state index in [1.807, 2.05) is 13.8 Å². The Morgan fingerprint density at radius 3 is 2.67 bits per heavy atom. The van der Waals surface area contributed by atoms with Gasteiger partial charge in [-0.1, -0.05) is 5.92 Å². The molecule has 0 aliphatic rings. The van der Waals surface area contributed by atoms with Gasteiger partial charge in [0.1, 0.15) is 0 Å². The highest BCUT2D eigenvalue weighted by molar-refractivity contribution is 4.99. The lowest BCUT2D eigenvalue weighted by molar-refractivity contribution is 0.126. The molecule has 0 spiro atoms. The third kappa shape index (κ3) is 4.35. The molecule has 0 aromatic carbocycles. The van der Waals surface area contributed by atoms with Gasteiger partial charge >= 0.3 is 0 Å². The summed E-state index contributed by atoms with van der Waals surface area (Å²) in [7, 11) is 1.67. The van der Waals surface area contributed by atoms with E-state index in [9.17, 15) is 0 Å². The van der Waals surface area contributed by atoms with Crippen molar-refractivity contribution in [1.29, 1.82) is 0 Å². The second-order valence-electron chi connectivity index (χ2n) is 2.98. The van der Waals surface area contributed by atoms with Gasteiger partial charge in [0.05, 0.1) is 18.7 Å². The van der Waals surface area contributed by atoms with E-state index in [1.165, 1.54) is 0 Å². The van der Waals surface area contributed by atoms with Gasteiger partial charge in [0.2, 0.25) is 0 Å². The van der Waals surface area contributed by atoms with Gasteiger partial charge in [0, 0.05) is 13.7 Å². The molecule has 0 rings (SSSR count). The normalized spacial score (nSPS) is 14.7. The molecule has 0 aromatic rings. The zero-order valence-electron chi connectivity index (χ0n) is 8.11. The van der Waals surface area contributed by atoms with Gasteiger partial charge in [-0.05, 0) is 13.8 Å². The third-order valence-corrected chi connectivity index (χ3v) is 1.69. The average molecular weight is 170 g/mol. The highest BCUT2D eigenvalue weighted by Crippen LogP contribution is 2.00. The predicted molar refractivity (Wildman–Crippen MR) is 50.8 cm³/mol. The van der Waals surface area contributed by atoms with Crippen molar-refractivity contribution in [3.8, 4) is 11.8 Å². The van der Waals surface area contributed by atoms with E-state index < -0.39 is 0 Å². The summed E-state index contributed by atoms with van der Waals surface area (Å²) in [6.45, 7) is 5.65. The van der Waals surface area contributed by atoms with Crippen LogP contribution in [0.2, 0.25) is 0 Å². The molecule has 1 atom stereocenters. The maximum atomic E-state index is 5.58. The summed E-state index contributed by atoms with van der Waals surface area (Å²) >= 11 is 0. The first-order valence-electron chi connectivity index (χ1n) is 4.02. The van der Waals surface area contributed by atoms with Crippen LogP contribution in [0.4, 0.5) is 0 Å². The Morgan fingerprint density at radius 2 is 2.25 bits per heavy atom. The lowest BCUT2D eigenvalue weighted by Gasteiger charge is -2.27. The van der Waals surface area contributed by atoms with Gasteiger partial charge in [0.25, 0.3) is 0 Å². The van der Waals surface area contributed by atoms with E-state index in [4.69, 9.17) is 10.5 Å². The van der Waals surface area contributed by atoms with Crippen molar-refractivity contribution in [2.45, 2.75) is 19.4 Å². The Labute approximate surface area is 74.7 Å². The summed E-state index contributed by atoms with van der Waals surface area (Å²) in [6, 6.07) is 0.